The molecule has 0 unspecified atom stereocenters. The van der Waals surface area contributed by atoms with Crippen LogP contribution in [0.1, 0.15) is 24.0 Å². The molecule has 0 saturated carbocycles. The second-order valence-corrected chi connectivity index (χ2v) is 6.06. The average Bonchev–Trinajstić information content (AvgIpc) is 3.01. The molecule has 1 fully saturated rings. The van der Waals surface area contributed by atoms with Gasteiger partial charge in [-0.2, -0.15) is 5.10 Å². The molecule has 2 heterocycles. The maximum Gasteiger partial charge on any atom is 0.252 e. The number of rotatable bonds is 3. The molecule has 116 valence electrons. The van der Waals surface area contributed by atoms with Crippen LogP contribution in [-0.4, -0.2) is 28.8 Å². The van der Waals surface area contributed by atoms with Gasteiger partial charge in [0.05, 0.1) is 0 Å². The zero-order chi connectivity index (χ0) is 15.6. The summed E-state index contributed by atoms with van der Waals surface area (Å²) in [4.78, 5) is 13.0. The second-order valence-electron chi connectivity index (χ2n) is 6.06. The van der Waals surface area contributed by atoms with Crippen LogP contribution < -0.4 is 10.6 Å². The van der Waals surface area contributed by atoms with Gasteiger partial charge in [0.2, 0.25) is 0 Å². The largest absolute Gasteiger partial charge is 0.324 e. The third-order valence-corrected chi connectivity index (χ3v) is 4.28. The van der Waals surface area contributed by atoms with Crippen molar-refractivity contribution in [1.82, 2.24) is 15.1 Å². The Morgan fingerprint density at radius 1 is 1.23 bits per heavy atom. The van der Waals surface area contributed by atoms with Crippen molar-refractivity contribution in [2.45, 2.75) is 32.2 Å². The molecule has 0 radical (unpaired) electrons. The average molecular weight is 298 g/mol. The van der Waals surface area contributed by atoms with E-state index in [9.17, 15) is 4.79 Å². The summed E-state index contributed by atoms with van der Waals surface area (Å²) < 4.78 is 1.81. The molecule has 0 bridgehead atoms. The number of benzene rings is 1. The Kier molecular flexibility index (Phi) is 3.98. The fraction of sp³-hybridized carbons (Fsp3) is 0.412. The molecule has 1 aliphatic rings. The second kappa shape index (κ2) is 5.93. The molecule has 0 atom stereocenters. The van der Waals surface area contributed by atoms with Crippen LogP contribution in [0.3, 0.4) is 0 Å². The van der Waals surface area contributed by atoms with E-state index in [-0.39, 0.29) is 5.91 Å². The van der Waals surface area contributed by atoms with Crippen molar-refractivity contribution in [2.75, 3.05) is 18.4 Å². The van der Waals surface area contributed by atoms with Gasteiger partial charge in [0, 0.05) is 18.1 Å². The lowest BCUT2D eigenvalue weighted by Gasteiger charge is -2.36. The smallest absolute Gasteiger partial charge is 0.252 e. The molecule has 22 heavy (non-hydrogen) atoms. The number of nitrogens with zero attached hydrogens (tertiary/aromatic N) is 2. The van der Waals surface area contributed by atoms with E-state index in [4.69, 9.17) is 0 Å². The third-order valence-electron chi connectivity index (χ3n) is 4.28. The van der Waals surface area contributed by atoms with Crippen LogP contribution in [-0.2, 0) is 10.3 Å². The Bertz CT molecular complexity index is 637. The molecule has 1 amide bonds. The van der Waals surface area contributed by atoms with E-state index in [2.05, 4.69) is 21.8 Å². The van der Waals surface area contributed by atoms with Crippen molar-refractivity contribution < 1.29 is 4.79 Å². The Morgan fingerprint density at radius 2 is 1.91 bits per heavy atom. The number of hydrogen-bond acceptors (Lipinski definition) is 3. The monoisotopic (exact) mass is 298 g/mol. The predicted molar refractivity (Wildman–Crippen MR) is 86.9 cm³/mol. The first kappa shape index (κ1) is 14.8. The molecule has 1 aromatic heterocycles. The molecule has 1 aromatic carbocycles. The normalized spacial score (nSPS) is 17.2. The van der Waals surface area contributed by atoms with E-state index in [1.165, 1.54) is 0 Å². The molecular formula is C17H22N4O. The fourth-order valence-corrected chi connectivity index (χ4v) is 3.22. The highest BCUT2D eigenvalue weighted by Gasteiger charge is 2.42. The minimum atomic E-state index is -0.605. The number of piperidine rings is 1. The zero-order valence-electron chi connectivity index (χ0n) is 13.1. The van der Waals surface area contributed by atoms with Crippen molar-refractivity contribution in [2.24, 2.45) is 0 Å². The van der Waals surface area contributed by atoms with E-state index >= 15 is 0 Å². The zero-order valence-corrected chi connectivity index (χ0v) is 13.1. The number of anilines is 1. The van der Waals surface area contributed by atoms with Crippen LogP contribution in [0.25, 0.3) is 0 Å². The Hall–Kier alpha value is -2.14. The maximum absolute atomic E-state index is 13.0. The number of aryl methyl sites for hydroxylation is 2. The minimum Gasteiger partial charge on any atom is -0.324 e. The van der Waals surface area contributed by atoms with Gasteiger partial charge in [0.15, 0.2) is 0 Å². The molecule has 5 nitrogen and oxygen atoms in total. The summed E-state index contributed by atoms with van der Waals surface area (Å²) in [7, 11) is 0. The first-order valence-corrected chi connectivity index (χ1v) is 7.71. The van der Waals surface area contributed by atoms with Crippen LogP contribution in [0, 0.1) is 13.8 Å². The van der Waals surface area contributed by atoms with Gasteiger partial charge < -0.3 is 10.6 Å². The summed E-state index contributed by atoms with van der Waals surface area (Å²) in [5.41, 5.74) is 2.54. The van der Waals surface area contributed by atoms with E-state index in [1.807, 2.05) is 42.9 Å². The van der Waals surface area contributed by atoms with Gasteiger partial charge in [0.1, 0.15) is 5.54 Å². The molecule has 1 saturated heterocycles. The highest BCUT2D eigenvalue weighted by molar-refractivity contribution is 5.96. The summed E-state index contributed by atoms with van der Waals surface area (Å²) in [6.07, 6.45) is 5.09. The van der Waals surface area contributed by atoms with Gasteiger partial charge >= 0.3 is 0 Å². The lowest BCUT2D eigenvalue weighted by atomic mass is 9.87. The van der Waals surface area contributed by atoms with Crippen LogP contribution in [0.15, 0.2) is 36.7 Å². The molecule has 3 rings (SSSR count). The maximum atomic E-state index is 13.0. The van der Waals surface area contributed by atoms with Gasteiger partial charge in [-0.15, -0.1) is 0 Å². The third kappa shape index (κ3) is 2.76. The summed E-state index contributed by atoms with van der Waals surface area (Å²) in [5, 5.41) is 10.8. The Labute approximate surface area is 130 Å². The van der Waals surface area contributed by atoms with Gasteiger partial charge in [-0.1, -0.05) is 6.07 Å². The number of carbonyl (C=O) groups is 1. The summed E-state index contributed by atoms with van der Waals surface area (Å²) in [6, 6.07) is 7.98. The standard InChI is InChI=1S/C17H22N4O/c1-13-10-14(2)12-15(11-13)20-16(22)17(4-7-18-8-5-17)21-9-3-6-19-21/h3,6,9-12,18H,4-5,7-8H2,1-2H3,(H,20,22). The number of aromatic nitrogens is 2. The van der Waals surface area contributed by atoms with Gasteiger partial charge in [-0.25, -0.2) is 0 Å². The van der Waals surface area contributed by atoms with Crippen molar-refractivity contribution in [3.8, 4) is 0 Å². The molecule has 2 N–H and O–H groups in total. The lowest BCUT2D eigenvalue weighted by Crippen LogP contribution is -2.52. The van der Waals surface area contributed by atoms with Gasteiger partial charge in [-0.05, 0) is 69.1 Å². The number of amides is 1. The van der Waals surface area contributed by atoms with E-state index < -0.39 is 5.54 Å². The van der Waals surface area contributed by atoms with E-state index in [0.29, 0.717) is 0 Å². The van der Waals surface area contributed by atoms with Gasteiger partial charge in [0.25, 0.3) is 5.91 Å². The topological polar surface area (TPSA) is 59.0 Å². The van der Waals surface area contributed by atoms with Crippen molar-refractivity contribution in [1.29, 1.82) is 0 Å². The van der Waals surface area contributed by atoms with Crippen LogP contribution >= 0.6 is 0 Å². The van der Waals surface area contributed by atoms with Gasteiger partial charge in [-0.3, -0.25) is 9.48 Å². The van der Waals surface area contributed by atoms with E-state index in [0.717, 1.165) is 42.7 Å². The van der Waals surface area contributed by atoms with Crippen molar-refractivity contribution >= 4 is 11.6 Å². The summed E-state index contributed by atoms with van der Waals surface area (Å²) >= 11 is 0. The molecule has 2 aromatic rings. The molecule has 1 aliphatic heterocycles. The lowest BCUT2D eigenvalue weighted by molar-refractivity contribution is -0.126. The van der Waals surface area contributed by atoms with Crippen molar-refractivity contribution in [3.05, 3.63) is 47.8 Å². The molecule has 0 aliphatic carbocycles. The van der Waals surface area contributed by atoms with Crippen LogP contribution in [0.4, 0.5) is 5.69 Å². The predicted octanol–water partition coefficient (Wildman–Crippen LogP) is 2.22. The summed E-state index contributed by atoms with van der Waals surface area (Å²) in [6.45, 7) is 5.72. The van der Waals surface area contributed by atoms with Crippen molar-refractivity contribution in [3.63, 3.8) is 0 Å². The Morgan fingerprint density at radius 3 is 2.50 bits per heavy atom. The molecule has 0 spiro atoms. The number of carbonyl (C=O) groups excluding carboxylic acids is 1. The molecular weight excluding hydrogens is 276 g/mol. The van der Waals surface area contributed by atoms with Crippen LogP contribution in [0.2, 0.25) is 0 Å². The minimum absolute atomic E-state index is 0.0164. The fourth-order valence-electron chi connectivity index (χ4n) is 3.22. The SMILES string of the molecule is Cc1cc(C)cc(NC(=O)C2(n3cccn3)CCNCC2)c1. The molecule has 5 heteroatoms. The number of nitrogens with one attached hydrogen (secondary N) is 2. The first-order valence-electron chi connectivity index (χ1n) is 7.71. The quantitative estimate of drug-likeness (QED) is 0.913. The highest BCUT2D eigenvalue weighted by atomic mass is 16.2. The van der Waals surface area contributed by atoms with Crippen LogP contribution in [0.5, 0.6) is 0 Å². The Balaban J connectivity index is 1.90. The first-order chi connectivity index (χ1) is 10.6. The highest BCUT2D eigenvalue weighted by Crippen LogP contribution is 2.29. The summed E-state index contributed by atoms with van der Waals surface area (Å²) in [5.74, 6) is 0.0164. The number of hydrogen-bond donors (Lipinski definition) is 2. The van der Waals surface area contributed by atoms with E-state index in [1.54, 1.807) is 6.20 Å².